The first-order valence-corrected chi connectivity index (χ1v) is 13.6. The number of nitrogens with one attached hydrogen (secondary N) is 2. The normalized spacial score (nSPS) is 10.9. The SMILES string of the molecule is CSNc1cc(Cl)cc(NC(=O)c2cc(-c3ncc(F)cc3OCc3cc(F)cc(F)c3)c(CCO)s2)c1. The molecule has 0 fully saturated rings. The standard InChI is InChI=1S/C26H21ClF3N3O3S2/c1-37-33-20-7-15(27)6-19(10-20)32-26(35)24-11-21(23(38-24)2-3-34)25-22(9-18(30)12-31-25)36-13-14-4-16(28)8-17(29)5-14/h4-12,33-34H,2-3,13H2,1H3,(H,32,35). The lowest BCUT2D eigenvalue weighted by molar-refractivity contribution is 0.103. The van der Waals surface area contributed by atoms with Crippen LogP contribution in [-0.2, 0) is 13.0 Å². The number of halogens is 4. The van der Waals surface area contributed by atoms with Gasteiger partial charge in [-0.15, -0.1) is 11.3 Å². The molecule has 0 aliphatic carbocycles. The van der Waals surface area contributed by atoms with Crippen molar-refractivity contribution in [2.45, 2.75) is 13.0 Å². The maximum atomic E-state index is 14.1. The zero-order chi connectivity index (χ0) is 27.2. The lowest BCUT2D eigenvalue weighted by Crippen LogP contribution is -2.10. The monoisotopic (exact) mass is 579 g/mol. The summed E-state index contributed by atoms with van der Waals surface area (Å²) >= 11 is 8.69. The Morgan fingerprint density at radius 3 is 2.50 bits per heavy atom. The third kappa shape index (κ3) is 6.98. The molecule has 0 atom stereocenters. The van der Waals surface area contributed by atoms with Crippen LogP contribution in [0.15, 0.2) is 54.7 Å². The van der Waals surface area contributed by atoms with Crippen molar-refractivity contribution in [2.75, 3.05) is 22.9 Å². The van der Waals surface area contributed by atoms with Gasteiger partial charge in [0.05, 0.1) is 11.1 Å². The second kappa shape index (κ2) is 12.5. The summed E-state index contributed by atoms with van der Waals surface area (Å²) < 4.78 is 50.0. The van der Waals surface area contributed by atoms with Crippen LogP contribution in [0.4, 0.5) is 24.5 Å². The molecule has 2 aromatic carbocycles. The highest BCUT2D eigenvalue weighted by molar-refractivity contribution is 7.99. The molecule has 0 aliphatic rings. The molecule has 0 spiro atoms. The summed E-state index contributed by atoms with van der Waals surface area (Å²) in [6, 6.07) is 10.7. The van der Waals surface area contributed by atoms with Crippen LogP contribution in [0.25, 0.3) is 11.3 Å². The Morgan fingerprint density at radius 1 is 1.05 bits per heavy atom. The number of aliphatic hydroxyl groups excluding tert-OH is 1. The highest BCUT2D eigenvalue weighted by atomic mass is 35.5. The van der Waals surface area contributed by atoms with Crippen LogP contribution < -0.4 is 14.8 Å². The quantitative estimate of drug-likeness (QED) is 0.177. The molecule has 2 aromatic heterocycles. The van der Waals surface area contributed by atoms with E-state index in [0.717, 1.165) is 41.8 Å². The molecule has 4 aromatic rings. The Labute approximate surface area is 230 Å². The number of nitrogens with zero attached hydrogens (tertiary/aromatic N) is 1. The minimum Gasteiger partial charge on any atom is -0.487 e. The lowest BCUT2D eigenvalue weighted by atomic mass is 10.1. The van der Waals surface area contributed by atoms with Gasteiger partial charge in [-0.1, -0.05) is 23.5 Å². The average molecular weight is 580 g/mol. The Kier molecular flexibility index (Phi) is 9.16. The van der Waals surface area contributed by atoms with Gasteiger partial charge < -0.3 is 19.9 Å². The molecule has 0 bridgehead atoms. The van der Waals surface area contributed by atoms with E-state index in [-0.39, 0.29) is 36.6 Å². The molecule has 0 radical (unpaired) electrons. The number of aromatic nitrogens is 1. The minimum absolute atomic E-state index is 0.0150. The third-order valence-electron chi connectivity index (χ3n) is 5.14. The second-order valence-corrected chi connectivity index (χ2v) is 10.2. The number of hydrogen-bond acceptors (Lipinski definition) is 7. The summed E-state index contributed by atoms with van der Waals surface area (Å²) in [6.07, 6.45) is 3.06. The average Bonchev–Trinajstić information content (AvgIpc) is 3.26. The summed E-state index contributed by atoms with van der Waals surface area (Å²) in [5.74, 6) is -2.62. The van der Waals surface area contributed by atoms with E-state index in [4.69, 9.17) is 16.3 Å². The van der Waals surface area contributed by atoms with Crippen LogP contribution in [0.5, 0.6) is 5.75 Å². The molecule has 38 heavy (non-hydrogen) atoms. The van der Waals surface area contributed by atoms with Crippen molar-refractivity contribution < 1.29 is 27.8 Å². The van der Waals surface area contributed by atoms with Crippen LogP contribution in [0, 0.1) is 17.5 Å². The Hall–Kier alpha value is -3.25. The molecule has 2 heterocycles. The lowest BCUT2D eigenvalue weighted by Gasteiger charge is -2.12. The van der Waals surface area contributed by atoms with Gasteiger partial charge in [0.25, 0.3) is 5.91 Å². The van der Waals surface area contributed by atoms with Gasteiger partial charge in [-0.2, -0.15) is 0 Å². The van der Waals surface area contributed by atoms with Crippen molar-refractivity contribution in [3.63, 3.8) is 0 Å². The number of rotatable bonds is 10. The number of benzene rings is 2. The van der Waals surface area contributed by atoms with E-state index >= 15 is 0 Å². The van der Waals surface area contributed by atoms with Gasteiger partial charge in [-0.05, 0) is 42.0 Å². The molecule has 3 N–H and O–H groups in total. The number of amides is 1. The van der Waals surface area contributed by atoms with E-state index in [1.54, 1.807) is 24.3 Å². The summed E-state index contributed by atoms with van der Waals surface area (Å²) in [5.41, 5.74) is 2.07. The van der Waals surface area contributed by atoms with Gasteiger partial charge in [0.2, 0.25) is 0 Å². The molecular formula is C26H21ClF3N3O3S2. The zero-order valence-electron chi connectivity index (χ0n) is 19.9. The van der Waals surface area contributed by atoms with Gasteiger partial charge in [-0.25, -0.2) is 18.2 Å². The molecule has 0 saturated heterocycles. The molecule has 6 nitrogen and oxygen atoms in total. The molecule has 0 aliphatic heterocycles. The number of carbonyl (C=O) groups excluding carboxylic acids is 1. The van der Waals surface area contributed by atoms with E-state index < -0.39 is 23.4 Å². The van der Waals surface area contributed by atoms with Gasteiger partial charge >= 0.3 is 0 Å². The number of anilines is 2. The first-order valence-electron chi connectivity index (χ1n) is 11.1. The number of hydrogen-bond donors (Lipinski definition) is 3. The van der Waals surface area contributed by atoms with Crippen LogP contribution in [0.1, 0.15) is 20.1 Å². The molecule has 0 unspecified atom stereocenters. The van der Waals surface area contributed by atoms with Crippen LogP contribution in [-0.4, -0.2) is 28.9 Å². The minimum atomic E-state index is -0.768. The largest absolute Gasteiger partial charge is 0.487 e. The van der Waals surface area contributed by atoms with Crippen LogP contribution in [0.3, 0.4) is 0 Å². The fourth-order valence-electron chi connectivity index (χ4n) is 3.65. The fourth-order valence-corrected chi connectivity index (χ4v) is 5.28. The summed E-state index contributed by atoms with van der Waals surface area (Å²) in [6.45, 7) is -0.451. The van der Waals surface area contributed by atoms with E-state index in [0.29, 0.717) is 31.7 Å². The first kappa shape index (κ1) is 27.8. The van der Waals surface area contributed by atoms with E-state index in [1.165, 1.54) is 11.9 Å². The molecule has 1 amide bonds. The van der Waals surface area contributed by atoms with Crippen molar-refractivity contribution in [1.82, 2.24) is 4.98 Å². The number of aliphatic hydroxyl groups is 1. The van der Waals surface area contributed by atoms with Gasteiger partial charge in [-0.3, -0.25) is 4.79 Å². The van der Waals surface area contributed by atoms with E-state index in [1.807, 2.05) is 6.26 Å². The Morgan fingerprint density at radius 2 is 1.79 bits per heavy atom. The van der Waals surface area contributed by atoms with Crippen molar-refractivity contribution in [3.05, 3.63) is 92.5 Å². The van der Waals surface area contributed by atoms with Crippen molar-refractivity contribution in [1.29, 1.82) is 0 Å². The smallest absolute Gasteiger partial charge is 0.265 e. The zero-order valence-corrected chi connectivity index (χ0v) is 22.2. The number of pyridine rings is 1. The third-order valence-corrected chi connectivity index (χ3v) is 6.99. The van der Waals surface area contributed by atoms with Gasteiger partial charge in [0.15, 0.2) is 0 Å². The molecule has 198 valence electrons. The number of carbonyl (C=O) groups is 1. The summed E-state index contributed by atoms with van der Waals surface area (Å²) in [5, 5.41) is 12.8. The number of thiophene rings is 1. The molecule has 4 rings (SSSR count). The van der Waals surface area contributed by atoms with Gasteiger partial charge in [0.1, 0.15) is 35.5 Å². The highest BCUT2D eigenvalue weighted by Crippen LogP contribution is 2.37. The molecule has 12 heteroatoms. The summed E-state index contributed by atoms with van der Waals surface area (Å²) in [4.78, 5) is 18.2. The van der Waals surface area contributed by atoms with Gasteiger partial charge in [0, 0.05) is 58.3 Å². The van der Waals surface area contributed by atoms with Crippen molar-refractivity contribution in [2.24, 2.45) is 0 Å². The highest BCUT2D eigenvalue weighted by Gasteiger charge is 2.21. The van der Waals surface area contributed by atoms with E-state index in [9.17, 15) is 23.1 Å². The Bertz CT molecular complexity index is 1450. The van der Waals surface area contributed by atoms with Crippen molar-refractivity contribution in [3.8, 4) is 17.0 Å². The number of ether oxygens (including phenoxy) is 1. The fraction of sp³-hybridized carbons (Fsp3) is 0.154. The summed E-state index contributed by atoms with van der Waals surface area (Å²) in [7, 11) is 0. The van der Waals surface area contributed by atoms with Crippen molar-refractivity contribution >= 4 is 52.2 Å². The molecular weight excluding hydrogens is 559 g/mol. The first-order chi connectivity index (χ1) is 18.2. The second-order valence-electron chi connectivity index (χ2n) is 7.98. The maximum Gasteiger partial charge on any atom is 0.265 e. The predicted octanol–water partition coefficient (Wildman–Crippen LogP) is 6.94. The predicted molar refractivity (Wildman–Crippen MR) is 146 cm³/mol. The Balaban J connectivity index is 1.64. The maximum absolute atomic E-state index is 14.1. The van der Waals surface area contributed by atoms with Crippen LogP contribution >= 0.6 is 34.9 Å². The van der Waals surface area contributed by atoms with E-state index in [2.05, 4.69) is 15.0 Å². The van der Waals surface area contributed by atoms with Crippen LogP contribution in [0.2, 0.25) is 5.02 Å². The topological polar surface area (TPSA) is 83.5 Å². The molecule has 0 saturated carbocycles.